The van der Waals surface area contributed by atoms with Gasteiger partial charge in [-0.25, -0.2) is 13.4 Å². The number of aromatic nitrogens is 1. The Morgan fingerprint density at radius 3 is 2.38 bits per heavy atom. The molecule has 1 aromatic carbocycles. The Balaban J connectivity index is 2.21. The predicted molar refractivity (Wildman–Crippen MR) is 110 cm³/mol. The van der Waals surface area contributed by atoms with Crippen LogP contribution in [0.2, 0.25) is 0 Å². The fraction of sp³-hybridized carbons (Fsp3) is 0.333. The number of hydrogen-bond donors (Lipinski definition) is 2. The second-order valence-corrected chi connectivity index (χ2v) is 8.21. The number of hydrogen-bond acceptors (Lipinski definition) is 4. The van der Waals surface area contributed by atoms with Gasteiger partial charge in [-0.05, 0) is 55.4 Å². The Kier molecular flexibility index (Phi) is 6.69. The minimum atomic E-state index is -3.52. The number of sulfonamides is 1. The van der Waals surface area contributed by atoms with Gasteiger partial charge in [0.1, 0.15) is 5.82 Å². The van der Waals surface area contributed by atoms with E-state index in [9.17, 15) is 8.42 Å². The van der Waals surface area contributed by atoms with Crippen molar-refractivity contribution in [2.45, 2.75) is 32.6 Å². The summed E-state index contributed by atoms with van der Waals surface area (Å²) in [7, 11) is -3.52. The van der Waals surface area contributed by atoms with Gasteiger partial charge >= 0.3 is 0 Å². The van der Waals surface area contributed by atoms with Crippen LogP contribution >= 0.6 is 12.2 Å². The van der Waals surface area contributed by atoms with Crippen molar-refractivity contribution in [3.05, 3.63) is 47.7 Å². The van der Waals surface area contributed by atoms with Gasteiger partial charge in [0, 0.05) is 25.0 Å². The number of nitrogens with one attached hydrogen (secondary N) is 2. The maximum absolute atomic E-state index is 12.7. The molecule has 0 aliphatic heterocycles. The first-order valence-electron chi connectivity index (χ1n) is 8.39. The van der Waals surface area contributed by atoms with Crippen LogP contribution in [-0.4, -0.2) is 35.9 Å². The van der Waals surface area contributed by atoms with Gasteiger partial charge in [-0.15, -0.1) is 0 Å². The van der Waals surface area contributed by atoms with E-state index in [1.165, 1.54) is 4.31 Å². The summed E-state index contributed by atoms with van der Waals surface area (Å²) < 4.78 is 26.8. The maximum atomic E-state index is 12.7. The number of aryl methyl sites for hydroxylation is 2. The van der Waals surface area contributed by atoms with Gasteiger partial charge in [0.05, 0.1) is 4.90 Å². The third-order valence-corrected chi connectivity index (χ3v) is 6.20. The van der Waals surface area contributed by atoms with Crippen molar-refractivity contribution < 1.29 is 8.42 Å². The summed E-state index contributed by atoms with van der Waals surface area (Å²) in [6.45, 7) is 8.34. The lowest BCUT2D eigenvalue weighted by Crippen LogP contribution is -2.30. The third kappa shape index (κ3) is 4.78. The molecule has 8 heteroatoms. The summed E-state index contributed by atoms with van der Waals surface area (Å²) in [5.74, 6) is 0.623. The molecule has 0 bridgehead atoms. The van der Waals surface area contributed by atoms with E-state index >= 15 is 0 Å². The van der Waals surface area contributed by atoms with Crippen molar-refractivity contribution in [3.8, 4) is 0 Å². The average molecular weight is 393 g/mol. The Morgan fingerprint density at radius 1 is 1.12 bits per heavy atom. The van der Waals surface area contributed by atoms with Crippen LogP contribution in [0, 0.1) is 13.8 Å². The molecule has 6 nitrogen and oxygen atoms in total. The largest absolute Gasteiger partial charge is 0.332 e. The highest BCUT2D eigenvalue weighted by molar-refractivity contribution is 7.89. The fourth-order valence-electron chi connectivity index (χ4n) is 2.42. The topological polar surface area (TPSA) is 74.3 Å². The molecular formula is C18H24N4O2S2. The summed E-state index contributed by atoms with van der Waals surface area (Å²) in [5, 5.41) is 6.40. The smallest absolute Gasteiger partial charge is 0.243 e. The molecule has 26 heavy (non-hydrogen) atoms. The summed E-state index contributed by atoms with van der Waals surface area (Å²) in [4.78, 5) is 4.48. The minimum Gasteiger partial charge on any atom is -0.332 e. The van der Waals surface area contributed by atoms with Crippen molar-refractivity contribution in [1.29, 1.82) is 0 Å². The molecule has 0 saturated carbocycles. The highest BCUT2D eigenvalue weighted by Crippen LogP contribution is 2.23. The first kappa shape index (κ1) is 20.3. The van der Waals surface area contributed by atoms with E-state index in [1.54, 1.807) is 24.4 Å². The number of thiocarbonyl (C=S) groups is 1. The molecule has 0 saturated heterocycles. The van der Waals surface area contributed by atoms with Crippen molar-refractivity contribution in [2.75, 3.05) is 23.7 Å². The highest BCUT2D eigenvalue weighted by Gasteiger charge is 2.22. The van der Waals surface area contributed by atoms with Crippen LogP contribution in [0.3, 0.4) is 0 Å². The predicted octanol–water partition coefficient (Wildman–Crippen LogP) is 3.54. The molecule has 0 amide bonds. The van der Waals surface area contributed by atoms with Gasteiger partial charge < -0.3 is 10.6 Å². The molecule has 0 radical (unpaired) electrons. The number of rotatable bonds is 6. The SMILES string of the molecule is CCN(CC)S(=O)(=O)c1ccc(C)c(NC(=S)Nc2ccc(C)cn2)c1. The normalized spacial score (nSPS) is 11.4. The number of benzene rings is 1. The average Bonchev–Trinajstić information content (AvgIpc) is 2.59. The molecule has 0 atom stereocenters. The standard InChI is InChI=1S/C18H24N4O2S2/c1-5-22(6-2)26(23,24)15-9-8-14(4)16(11-15)20-18(25)21-17-10-7-13(3)12-19-17/h7-12H,5-6H2,1-4H3,(H2,19,20,21,25). The molecule has 1 aromatic heterocycles. The molecule has 0 unspecified atom stereocenters. The Morgan fingerprint density at radius 2 is 1.81 bits per heavy atom. The van der Waals surface area contributed by atoms with E-state index in [0.717, 1.165) is 11.1 Å². The molecule has 140 valence electrons. The first-order valence-corrected chi connectivity index (χ1v) is 10.2. The molecule has 2 rings (SSSR count). The van der Waals surface area contributed by atoms with Gasteiger partial charge in [-0.3, -0.25) is 0 Å². The Bertz CT molecular complexity index is 877. The van der Waals surface area contributed by atoms with Crippen LogP contribution in [0.15, 0.2) is 41.4 Å². The molecule has 1 heterocycles. The second kappa shape index (κ2) is 8.57. The molecule has 0 aliphatic carbocycles. The van der Waals surface area contributed by atoms with E-state index in [0.29, 0.717) is 29.7 Å². The maximum Gasteiger partial charge on any atom is 0.243 e. The van der Waals surface area contributed by atoms with Crippen LogP contribution in [-0.2, 0) is 10.0 Å². The van der Waals surface area contributed by atoms with Crippen LogP contribution in [0.25, 0.3) is 0 Å². The Labute approximate surface area is 160 Å². The monoisotopic (exact) mass is 392 g/mol. The van der Waals surface area contributed by atoms with E-state index in [2.05, 4.69) is 15.6 Å². The number of anilines is 2. The molecule has 2 aromatic rings. The second-order valence-electron chi connectivity index (χ2n) is 5.87. The van der Waals surface area contributed by atoms with Crippen molar-refractivity contribution in [1.82, 2.24) is 9.29 Å². The third-order valence-electron chi connectivity index (χ3n) is 3.95. The molecule has 0 aliphatic rings. The van der Waals surface area contributed by atoms with Crippen LogP contribution in [0.1, 0.15) is 25.0 Å². The van der Waals surface area contributed by atoms with E-state index in [4.69, 9.17) is 12.2 Å². The van der Waals surface area contributed by atoms with Gasteiger partial charge in [-0.1, -0.05) is 26.0 Å². The highest BCUT2D eigenvalue weighted by atomic mass is 32.2. The lowest BCUT2D eigenvalue weighted by Gasteiger charge is -2.20. The fourth-order valence-corrected chi connectivity index (χ4v) is 4.12. The molecule has 0 fully saturated rings. The number of nitrogens with zero attached hydrogens (tertiary/aromatic N) is 2. The van der Waals surface area contributed by atoms with Crippen molar-refractivity contribution >= 4 is 38.9 Å². The zero-order valence-corrected chi connectivity index (χ0v) is 17.0. The van der Waals surface area contributed by atoms with Gasteiger partial charge in [-0.2, -0.15) is 4.31 Å². The van der Waals surface area contributed by atoms with Gasteiger partial charge in [0.15, 0.2) is 5.11 Å². The summed E-state index contributed by atoms with van der Waals surface area (Å²) in [5.41, 5.74) is 2.59. The minimum absolute atomic E-state index is 0.241. The van der Waals surface area contributed by atoms with Crippen LogP contribution in [0.4, 0.5) is 11.5 Å². The lowest BCUT2D eigenvalue weighted by atomic mass is 10.2. The molecular weight excluding hydrogens is 368 g/mol. The Hall–Kier alpha value is -2.03. The summed E-state index contributed by atoms with van der Waals surface area (Å²) >= 11 is 5.32. The van der Waals surface area contributed by atoms with Gasteiger partial charge in [0.25, 0.3) is 0 Å². The van der Waals surface area contributed by atoms with E-state index in [1.807, 2.05) is 39.8 Å². The van der Waals surface area contributed by atoms with Gasteiger partial charge in [0.2, 0.25) is 10.0 Å². The lowest BCUT2D eigenvalue weighted by molar-refractivity contribution is 0.445. The summed E-state index contributed by atoms with van der Waals surface area (Å²) in [6.07, 6.45) is 1.74. The zero-order valence-electron chi connectivity index (χ0n) is 15.4. The zero-order chi connectivity index (χ0) is 19.3. The van der Waals surface area contributed by atoms with Crippen LogP contribution in [0.5, 0.6) is 0 Å². The quantitative estimate of drug-likeness (QED) is 0.733. The molecule has 0 spiro atoms. The molecule has 2 N–H and O–H groups in total. The van der Waals surface area contributed by atoms with E-state index < -0.39 is 10.0 Å². The van der Waals surface area contributed by atoms with Crippen molar-refractivity contribution in [2.24, 2.45) is 0 Å². The van der Waals surface area contributed by atoms with Crippen molar-refractivity contribution in [3.63, 3.8) is 0 Å². The van der Waals surface area contributed by atoms with Crippen LogP contribution < -0.4 is 10.6 Å². The summed E-state index contributed by atoms with van der Waals surface area (Å²) in [6, 6.07) is 8.76. The first-order chi connectivity index (χ1) is 12.3. The number of pyridine rings is 1. The van der Waals surface area contributed by atoms with E-state index in [-0.39, 0.29) is 4.90 Å².